The van der Waals surface area contributed by atoms with Crippen LogP contribution in [-0.2, 0) is 11.3 Å². The predicted molar refractivity (Wildman–Crippen MR) is 75.6 cm³/mol. The van der Waals surface area contributed by atoms with Crippen LogP contribution in [0.2, 0.25) is 0 Å². The Kier molecular flexibility index (Phi) is 3.75. The van der Waals surface area contributed by atoms with Gasteiger partial charge >= 0.3 is 0 Å². The van der Waals surface area contributed by atoms with E-state index in [-0.39, 0.29) is 5.56 Å². The highest BCUT2D eigenvalue weighted by molar-refractivity contribution is 5.71. The normalized spacial score (nSPS) is 20.9. The quantitative estimate of drug-likeness (QED) is 0.792. The molecule has 1 fully saturated rings. The van der Waals surface area contributed by atoms with Gasteiger partial charge in [0.25, 0.3) is 5.56 Å². The summed E-state index contributed by atoms with van der Waals surface area (Å²) in [6, 6.07) is 3.59. The number of ether oxygens (including phenoxy) is 1. The highest BCUT2D eigenvalue weighted by atomic mass is 16.5. The first-order valence-corrected chi connectivity index (χ1v) is 6.80. The molecule has 20 heavy (non-hydrogen) atoms. The lowest BCUT2D eigenvalue weighted by Crippen LogP contribution is -2.32. The Morgan fingerprint density at radius 3 is 3.25 bits per heavy atom. The Morgan fingerprint density at radius 2 is 2.35 bits per heavy atom. The summed E-state index contributed by atoms with van der Waals surface area (Å²) in [4.78, 5) is 23.0. The molecule has 0 N–H and O–H groups in total. The van der Waals surface area contributed by atoms with Crippen LogP contribution in [0, 0.1) is 5.92 Å². The molecule has 106 valence electrons. The van der Waals surface area contributed by atoms with Gasteiger partial charge in [0.1, 0.15) is 0 Å². The highest BCUT2D eigenvalue weighted by Gasteiger charge is 2.17. The number of fused-ring (bicyclic) bond motifs is 1. The number of rotatable bonds is 2. The van der Waals surface area contributed by atoms with Crippen LogP contribution in [0.15, 0.2) is 29.5 Å². The van der Waals surface area contributed by atoms with E-state index in [0.717, 1.165) is 19.7 Å². The van der Waals surface area contributed by atoms with Gasteiger partial charge in [0.05, 0.1) is 25.1 Å². The summed E-state index contributed by atoms with van der Waals surface area (Å²) in [7, 11) is 2.07. The molecule has 2 aromatic rings. The molecule has 6 nitrogen and oxygen atoms in total. The maximum atomic E-state index is 12.4. The standard InChI is InChI=1S/C14H18N4O2/c1-17-5-6-20-9-11(7-17)8-18-10-16-12-3-2-4-15-13(12)14(18)19/h2-4,10-11H,5-9H2,1H3/t11-/m0/s1. The van der Waals surface area contributed by atoms with Crippen molar-refractivity contribution in [1.29, 1.82) is 0 Å². The maximum absolute atomic E-state index is 12.4. The minimum atomic E-state index is -0.0810. The Morgan fingerprint density at radius 1 is 1.45 bits per heavy atom. The van der Waals surface area contributed by atoms with E-state index in [1.165, 1.54) is 0 Å². The third kappa shape index (κ3) is 2.71. The molecule has 1 saturated heterocycles. The zero-order valence-corrected chi connectivity index (χ0v) is 11.5. The molecule has 3 rings (SSSR count). The fourth-order valence-electron chi connectivity index (χ4n) is 2.56. The Labute approximate surface area is 117 Å². The Bertz CT molecular complexity index is 655. The molecular weight excluding hydrogens is 256 g/mol. The van der Waals surface area contributed by atoms with E-state index >= 15 is 0 Å². The number of hydrogen-bond acceptors (Lipinski definition) is 5. The summed E-state index contributed by atoms with van der Waals surface area (Å²) in [5, 5.41) is 0. The summed E-state index contributed by atoms with van der Waals surface area (Å²) >= 11 is 0. The maximum Gasteiger partial charge on any atom is 0.279 e. The second-order valence-corrected chi connectivity index (χ2v) is 5.28. The average Bonchev–Trinajstić information content (AvgIpc) is 2.66. The molecular formula is C14H18N4O2. The lowest BCUT2D eigenvalue weighted by Gasteiger charge is -2.19. The van der Waals surface area contributed by atoms with Crippen LogP contribution in [0.3, 0.4) is 0 Å². The topological polar surface area (TPSA) is 60.2 Å². The number of pyridine rings is 1. The van der Waals surface area contributed by atoms with Gasteiger partial charge in [-0.25, -0.2) is 9.97 Å². The lowest BCUT2D eigenvalue weighted by molar-refractivity contribution is 0.117. The zero-order valence-electron chi connectivity index (χ0n) is 11.5. The fraction of sp³-hybridized carbons (Fsp3) is 0.500. The Hall–Kier alpha value is -1.79. The van der Waals surface area contributed by atoms with Crippen LogP contribution in [0.25, 0.3) is 11.0 Å². The first-order chi connectivity index (χ1) is 9.74. The third-order valence-corrected chi connectivity index (χ3v) is 3.58. The molecule has 0 unspecified atom stereocenters. The van der Waals surface area contributed by atoms with Crippen molar-refractivity contribution in [2.45, 2.75) is 6.54 Å². The van der Waals surface area contributed by atoms with Crippen molar-refractivity contribution in [2.24, 2.45) is 5.92 Å². The van der Waals surface area contributed by atoms with Gasteiger partial charge in [-0.15, -0.1) is 0 Å². The number of likely N-dealkylation sites (N-methyl/N-ethyl adjacent to an activating group) is 1. The third-order valence-electron chi connectivity index (χ3n) is 3.58. The lowest BCUT2D eigenvalue weighted by atomic mass is 10.1. The van der Waals surface area contributed by atoms with Gasteiger partial charge in [0.2, 0.25) is 0 Å². The van der Waals surface area contributed by atoms with E-state index in [1.807, 2.05) is 0 Å². The van der Waals surface area contributed by atoms with Crippen molar-refractivity contribution < 1.29 is 4.74 Å². The van der Waals surface area contributed by atoms with Gasteiger partial charge < -0.3 is 9.64 Å². The summed E-state index contributed by atoms with van der Waals surface area (Å²) in [6.07, 6.45) is 3.23. The monoisotopic (exact) mass is 274 g/mol. The minimum Gasteiger partial charge on any atom is -0.380 e. The average molecular weight is 274 g/mol. The molecule has 0 amide bonds. The summed E-state index contributed by atoms with van der Waals surface area (Å²) in [5.74, 6) is 0.295. The number of hydrogen-bond donors (Lipinski definition) is 0. The van der Waals surface area contributed by atoms with Gasteiger partial charge in [0, 0.05) is 31.7 Å². The molecule has 0 aromatic carbocycles. The van der Waals surface area contributed by atoms with E-state index in [2.05, 4.69) is 21.9 Å². The summed E-state index contributed by atoms with van der Waals surface area (Å²) in [5.41, 5.74) is 0.989. The van der Waals surface area contributed by atoms with Crippen molar-refractivity contribution in [1.82, 2.24) is 19.4 Å². The van der Waals surface area contributed by atoms with E-state index in [4.69, 9.17) is 4.74 Å². The molecule has 0 radical (unpaired) electrons. The largest absolute Gasteiger partial charge is 0.380 e. The molecule has 3 heterocycles. The van der Waals surface area contributed by atoms with Crippen molar-refractivity contribution in [3.63, 3.8) is 0 Å². The number of nitrogens with zero attached hydrogens (tertiary/aromatic N) is 4. The smallest absolute Gasteiger partial charge is 0.279 e. The second kappa shape index (κ2) is 5.68. The highest BCUT2D eigenvalue weighted by Crippen LogP contribution is 2.08. The van der Waals surface area contributed by atoms with Crippen LogP contribution < -0.4 is 5.56 Å². The van der Waals surface area contributed by atoms with Crippen LogP contribution in [-0.4, -0.2) is 52.8 Å². The zero-order chi connectivity index (χ0) is 13.9. The van der Waals surface area contributed by atoms with E-state index in [0.29, 0.717) is 30.1 Å². The van der Waals surface area contributed by atoms with Crippen molar-refractivity contribution in [2.75, 3.05) is 33.4 Å². The van der Waals surface area contributed by atoms with Gasteiger partial charge in [-0.1, -0.05) is 0 Å². The summed E-state index contributed by atoms with van der Waals surface area (Å²) < 4.78 is 7.23. The van der Waals surface area contributed by atoms with Gasteiger partial charge in [-0.05, 0) is 19.2 Å². The minimum absolute atomic E-state index is 0.0810. The summed E-state index contributed by atoms with van der Waals surface area (Å²) in [6.45, 7) is 3.90. The second-order valence-electron chi connectivity index (χ2n) is 5.28. The van der Waals surface area contributed by atoms with Gasteiger partial charge in [-0.3, -0.25) is 9.36 Å². The van der Waals surface area contributed by atoms with Gasteiger partial charge in [0.15, 0.2) is 5.52 Å². The fourth-order valence-corrected chi connectivity index (χ4v) is 2.56. The first-order valence-electron chi connectivity index (χ1n) is 6.80. The van der Waals surface area contributed by atoms with Gasteiger partial charge in [-0.2, -0.15) is 0 Å². The molecule has 1 aliphatic heterocycles. The Balaban J connectivity index is 1.87. The molecule has 6 heteroatoms. The molecule has 0 bridgehead atoms. The number of aromatic nitrogens is 3. The van der Waals surface area contributed by atoms with Crippen LogP contribution >= 0.6 is 0 Å². The van der Waals surface area contributed by atoms with Crippen LogP contribution in [0.5, 0.6) is 0 Å². The first kappa shape index (κ1) is 13.2. The molecule has 1 aliphatic rings. The molecule has 0 aliphatic carbocycles. The SMILES string of the molecule is CN1CCOC[C@H](Cn2cnc3cccnc3c2=O)C1. The molecule has 1 atom stereocenters. The van der Waals surface area contributed by atoms with Crippen LogP contribution in [0.1, 0.15) is 0 Å². The molecule has 2 aromatic heterocycles. The molecule has 0 spiro atoms. The van der Waals surface area contributed by atoms with Crippen LogP contribution in [0.4, 0.5) is 0 Å². The van der Waals surface area contributed by atoms with E-state index in [9.17, 15) is 4.79 Å². The molecule has 0 saturated carbocycles. The van der Waals surface area contributed by atoms with Crippen molar-refractivity contribution >= 4 is 11.0 Å². The predicted octanol–water partition coefficient (Wildman–Crippen LogP) is 0.370. The van der Waals surface area contributed by atoms with Crippen molar-refractivity contribution in [3.8, 4) is 0 Å². The van der Waals surface area contributed by atoms with E-state index < -0.39 is 0 Å². The van der Waals surface area contributed by atoms with E-state index in [1.54, 1.807) is 29.2 Å². The van der Waals surface area contributed by atoms with Crippen molar-refractivity contribution in [3.05, 3.63) is 35.0 Å².